The predicted octanol–water partition coefficient (Wildman–Crippen LogP) is 3.10. The molecule has 134 valence electrons. The molecule has 1 aromatic carbocycles. The van der Waals surface area contributed by atoms with Gasteiger partial charge in [0.15, 0.2) is 0 Å². The first-order chi connectivity index (χ1) is 12.0. The van der Waals surface area contributed by atoms with E-state index < -0.39 is 0 Å². The lowest BCUT2D eigenvalue weighted by molar-refractivity contribution is -0.131. The Kier molecular flexibility index (Phi) is 5.46. The fraction of sp³-hybridized carbons (Fsp3) is 0.526. The number of hydrazone groups is 1. The smallest absolute Gasteiger partial charge is 0.270 e. The molecule has 0 saturated heterocycles. The van der Waals surface area contributed by atoms with Crippen LogP contribution in [0.25, 0.3) is 0 Å². The lowest BCUT2D eigenvalue weighted by Gasteiger charge is -2.35. The lowest BCUT2D eigenvalue weighted by atomic mass is 9.93. The van der Waals surface area contributed by atoms with Crippen LogP contribution in [0.1, 0.15) is 50.5 Å². The molecule has 0 aromatic heterocycles. The molecule has 0 bridgehead atoms. The Morgan fingerprint density at radius 1 is 1.20 bits per heavy atom. The SMILES string of the molecule is CN1N=C(C(=O)N(Cc2ccc(F)cc2)C2CCCCC2)CCC1=O. The third kappa shape index (κ3) is 4.24. The summed E-state index contributed by atoms with van der Waals surface area (Å²) in [5, 5.41) is 5.44. The van der Waals surface area contributed by atoms with Crippen LogP contribution in [-0.2, 0) is 16.1 Å². The number of benzene rings is 1. The zero-order valence-electron chi connectivity index (χ0n) is 14.6. The van der Waals surface area contributed by atoms with Gasteiger partial charge in [-0.25, -0.2) is 9.40 Å². The van der Waals surface area contributed by atoms with Crippen LogP contribution in [-0.4, -0.2) is 40.5 Å². The molecular formula is C19H24FN3O2. The Labute approximate surface area is 147 Å². The predicted molar refractivity (Wildman–Crippen MR) is 93.3 cm³/mol. The Balaban J connectivity index is 1.82. The van der Waals surface area contributed by atoms with E-state index in [1.807, 2.05) is 4.90 Å². The molecule has 1 aliphatic heterocycles. The number of rotatable bonds is 4. The van der Waals surface area contributed by atoms with Crippen molar-refractivity contribution in [2.75, 3.05) is 7.05 Å². The number of halogens is 1. The van der Waals surface area contributed by atoms with E-state index in [9.17, 15) is 14.0 Å². The molecule has 5 nitrogen and oxygen atoms in total. The summed E-state index contributed by atoms with van der Waals surface area (Å²) in [5.41, 5.74) is 1.34. The minimum absolute atomic E-state index is 0.0701. The Morgan fingerprint density at radius 3 is 2.52 bits per heavy atom. The van der Waals surface area contributed by atoms with Crippen molar-refractivity contribution in [3.63, 3.8) is 0 Å². The maximum absolute atomic E-state index is 13.2. The molecule has 25 heavy (non-hydrogen) atoms. The second kappa shape index (κ2) is 7.76. The maximum Gasteiger partial charge on any atom is 0.270 e. The molecule has 0 unspecified atom stereocenters. The van der Waals surface area contributed by atoms with Gasteiger partial charge in [0.1, 0.15) is 11.5 Å². The van der Waals surface area contributed by atoms with Gasteiger partial charge in [-0.05, 0) is 30.5 Å². The Morgan fingerprint density at radius 2 is 1.88 bits per heavy atom. The summed E-state index contributed by atoms with van der Waals surface area (Å²) in [6.07, 6.45) is 6.09. The van der Waals surface area contributed by atoms with Gasteiger partial charge in [0.05, 0.1) is 0 Å². The summed E-state index contributed by atoms with van der Waals surface area (Å²) in [7, 11) is 1.58. The summed E-state index contributed by atoms with van der Waals surface area (Å²) < 4.78 is 13.2. The molecule has 1 fully saturated rings. The number of amides is 2. The average molecular weight is 345 g/mol. The fourth-order valence-electron chi connectivity index (χ4n) is 3.54. The molecule has 2 amide bonds. The summed E-state index contributed by atoms with van der Waals surface area (Å²) in [4.78, 5) is 26.6. The largest absolute Gasteiger partial charge is 0.330 e. The van der Waals surface area contributed by atoms with Gasteiger partial charge >= 0.3 is 0 Å². The first kappa shape index (κ1) is 17.6. The third-order valence-electron chi connectivity index (χ3n) is 5.00. The average Bonchev–Trinajstić information content (AvgIpc) is 2.64. The van der Waals surface area contributed by atoms with Gasteiger partial charge in [-0.1, -0.05) is 31.4 Å². The molecule has 0 N–H and O–H groups in total. The van der Waals surface area contributed by atoms with E-state index in [2.05, 4.69) is 5.10 Å². The van der Waals surface area contributed by atoms with Crippen molar-refractivity contribution in [1.82, 2.24) is 9.91 Å². The van der Waals surface area contributed by atoms with Crippen molar-refractivity contribution in [2.24, 2.45) is 5.10 Å². The van der Waals surface area contributed by atoms with Gasteiger partial charge in [0.25, 0.3) is 5.91 Å². The Bertz CT molecular complexity index is 666. The van der Waals surface area contributed by atoms with Crippen LogP contribution < -0.4 is 0 Å². The summed E-state index contributed by atoms with van der Waals surface area (Å²) >= 11 is 0. The van der Waals surface area contributed by atoms with E-state index in [1.54, 1.807) is 19.2 Å². The molecule has 3 rings (SSSR count). The van der Waals surface area contributed by atoms with E-state index in [-0.39, 0.29) is 23.7 Å². The Hall–Kier alpha value is -2.24. The van der Waals surface area contributed by atoms with Crippen LogP contribution in [0.2, 0.25) is 0 Å². The summed E-state index contributed by atoms with van der Waals surface area (Å²) in [5.74, 6) is -0.453. The molecule has 1 heterocycles. The number of hydrogen-bond acceptors (Lipinski definition) is 3. The molecule has 2 aliphatic rings. The minimum atomic E-state index is -0.281. The highest BCUT2D eigenvalue weighted by molar-refractivity contribution is 6.39. The number of carbonyl (C=O) groups is 2. The highest BCUT2D eigenvalue weighted by Crippen LogP contribution is 2.25. The second-order valence-corrected chi connectivity index (χ2v) is 6.82. The van der Waals surface area contributed by atoms with Crippen LogP contribution >= 0.6 is 0 Å². The first-order valence-corrected chi connectivity index (χ1v) is 8.94. The summed E-state index contributed by atoms with van der Waals surface area (Å²) in [6, 6.07) is 6.46. The lowest BCUT2D eigenvalue weighted by Crippen LogP contribution is -2.46. The molecular weight excluding hydrogens is 321 g/mol. The fourth-order valence-corrected chi connectivity index (χ4v) is 3.54. The van der Waals surface area contributed by atoms with Crippen LogP contribution in [0, 0.1) is 5.82 Å². The van der Waals surface area contributed by atoms with E-state index in [4.69, 9.17) is 0 Å². The van der Waals surface area contributed by atoms with E-state index in [1.165, 1.54) is 23.6 Å². The monoisotopic (exact) mass is 345 g/mol. The highest BCUT2D eigenvalue weighted by Gasteiger charge is 2.31. The molecule has 1 aromatic rings. The second-order valence-electron chi connectivity index (χ2n) is 6.82. The normalized spacial score (nSPS) is 18.9. The number of nitrogens with zero attached hydrogens (tertiary/aromatic N) is 3. The van der Waals surface area contributed by atoms with E-state index >= 15 is 0 Å². The van der Waals surface area contributed by atoms with Crippen molar-refractivity contribution in [3.8, 4) is 0 Å². The van der Waals surface area contributed by atoms with E-state index in [0.29, 0.717) is 25.1 Å². The maximum atomic E-state index is 13.2. The third-order valence-corrected chi connectivity index (χ3v) is 5.00. The topological polar surface area (TPSA) is 53.0 Å². The zero-order chi connectivity index (χ0) is 17.8. The van der Waals surface area contributed by atoms with E-state index in [0.717, 1.165) is 31.2 Å². The number of carbonyl (C=O) groups excluding carboxylic acids is 2. The van der Waals surface area contributed by atoms with Crippen molar-refractivity contribution < 1.29 is 14.0 Å². The van der Waals surface area contributed by atoms with Gasteiger partial charge in [0, 0.05) is 32.5 Å². The van der Waals surface area contributed by atoms with Crippen LogP contribution in [0.15, 0.2) is 29.4 Å². The number of hydrogen-bond donors (Lipinski definition) is 0. The van der Waals surface area contributed by atoms with Crippen LogP contribution in [0.4, 0.5) is 4.39 Å². The summed E-state index contributed by atoms with van der Waals surface area (Å²) in [6.45, 7) is 0.445. The highest BCUT2D eigenvalue weighted by atomic mass is 19.1. The standard InChI is InChI=1S/C19H24FN3O2/c1-22-18(24)12-11-17(21-22)19(25)23(16-5-3-2-4-6-16)13-14-7-9-15(20)10-8-14/h7-10,16H,2-6,11-13H2,1H3. The minimum Gasteiger partial charge on any atom is -0.330 e. The first-order valence-electron chi connectivity index (χ1n) is 8.94. The van der Waals surface area contributed by atoms with Crippen molar-refractivity contribution in [1.29, 1.82) is 0 Å². The quantitative estimate of drug-likeness (QED) is 0.842. The molecule has 0 radical (unpaired) electrons. The molecule has 1 aliphatic carbocycles. The van der Waals surface area contributed by atoms with Crippen molar-refractivity contribution >= 4 is 17.5 Å². The van der Waals surface area contributed by atoms with Crippen molar-refractivity contribution in [3.05, 3.63) is 35.6 Å². The van der Waals surface area contributed by atoms with Gasteiger partial charge in [0.2, 0.25) is 5.91 Å². The van der Waals surface area contributed by atoms with Crippen LogP contribution in [0.3, 0.4) is 0 Å². The molecule has 0 spiro atoms. The molecule has 1 saturated carbocycles. The van der Waals surface area contributed by atoms with Gasteiger partial charge in [-0.3, -0.25) is 9.59 Å². The van der Waals surface area contributed by atoms with Crippen molar-refractivity contribution in [2.45, 2.75) is 57.5 Å². The molecule has 6 heteroatoms. The van der Waals surface area contributed by atoms with Gasteiger partial charge in [-0.2, -0.15) is 5.10 Å². The zero-order valence-corrected chi connectivity index (χ0v) is 14.6. The van der Waals surface area contributed by atoms with Gasteiger partial charge < -0.3 is 4.90 Å². The van der Waals surface area contributed by atoms with Crippen LogP contribution in [0.5, 0.6) is 0 Å². The van der Waals surface area contributed by atoms with Gasteiger partial charge in [-0.15, -0.1) is 0 Å². The molecule has 0 atom stereocenters.